The van der Waals surface area contributed by atoms with Gasteiger partial charge in [0.1, 0.15) is 4.75 Å². The molecule has 1 aliphatic carbocycles. The predicted molar refractivity (Wildman–Crippen MR) is 56.5 cm³/mol. The smallest absolute Gasteiger partial charge is 0.240 e. The number of hydrogen-bond acceptors (Lipinski definition) is 4. The van der Waals surface area contributed by atoms with E-state index in [0.29, 0.717) is 26.1 Å². The number of halogens is 1. The molecule has 15 heavy (non-hydrogen) atoms. The van der Waals surface area contributed by atoms with Crippen molar-refractivity contribution < 1.29 is 17.9 Å². The summed E-state index contributed by atoms with van der Waals surface area (Å²) in [5.41, 5.74) is 0. The van der Waals surface area contributed by atoms with E-state index < -0.39 is 13.8 Å². The Bertz CT molecular complexity index is 317. The van der Waals surface area contributed by atoms with E-state index in [1.54, 1.807) is 0 Å². The van der Waals surface area contributed by atoms with Crippen molar-refractivity contribution in [3.05, 3.63) is 0 Å². The molecule has 1 saturated heterocycles. The van der Waals surface area contributed by atoms with Gasteiger partial charge in [-0.15, -0.1) is 0 Å². The van der Waals surface area contributed by atoms with Gasteiger partial charge in [0.2, 0.25) is 9.05 Å². The molecule has 2 aliphatic rings. The van der Waals surface area contributed by atoms with Crippen molar-refractivity contribution in [1.82, 2.24) is 0 Å². The van der Waals surface area contributed by atoms with Crippen LogP contribution in [0.3, 0.4) is 0 Å². The van der Waals surface area contributed by atoms with Gasteiger partial charge in [-0.05, 0) is 25.7 Å². The minimum atomic E-state index is -3.48. The molecule has 4 nitrogen and oxygen atoms in total. The van der Waals surface area contributed by atoms with E-state index in [9.17, 15) is 8.42 Å². The molecule has 6 heteroatoms. The van der Waals surface area contributed by atoms with Gasteiger partial charge in [-0.2, -0.15) is 0 Å². The minimum Gasteiger partial charge on any atom is -0.381 e. The second kappa shape index (κ2) is 4.20. The van der Waals surface area contributed by atoms with E-state index in [-0.39, 0.29) is 12.7 Å². The zero-order chi connectivity index (χ0) is 10.9. The number of rotatable bonds is 4. The summed E-state index contributed by atoms with van der Waals surface area (Å²) in [6, 6.07) is 0. The van der Waals surface area contributed by atoms with Gasteiger partial charge in [0.05, 0.1) is 12.7 Å². The first-order chi connectivity index (χ1) is 7.04. The fourth-order valence-electron chi connectivity index (χ4n) is 1.71. The highest BCUT2D eigenvalue weighted by Gasteiger charge is 2.54. The second-order valence-corrected chi connectivity index (χ2v) is 7.20. The van der Waals surface area contributed by atoms with Crippen LogP contribution in [0.2, 0.25) is 0 Å². The first-order valence-corrected chi connectivity index (χ1v) is 7.48. The Morgan fingerprint density at radius 2 is 1.93 bits per heavy atom. The maximum atomic E-state index is 11.2. The first-order valence-electron chi connectivity index (χ1n) is 5.17. The molecule has 2 fully saturated rings. The van der Waals surface area contributed by atoms with Gasteiger partial charge in [-0.25, -0.2) is 8.42 Å². The van der Waals surface area contributed by atoms with Crippen LogP contribution in [0, 0.1) is 0 Å². The molecule has 0 aromatic carbocycles. The maximum absolute atomic E-state index is 11.2. The SMILES string of the molecule is O=S(=O)(Cl)C1(COC2CCOCC2)CC1. The third-order valence-corrected chi connectivity index (χ3v) is 5.62. The minimum absolute atomic E-state index is 0.134. The summed E-state index contributed by atoms with van der Waals surface area (Å²) in [6.45, 7) is 1.64. The van der Waals surface area contributed by atoms with Crippen LogP contribution in [-0.2, 0) is 18.5 Å². The van der Waals surface area contributed by atoms with Crippen molar-refractivity contribution in [3.8, 4) is 0 Å². The summed E-state index contributed by atoms with van der Waals surface area (Å²) in [7, 11) is 1.90. The van der Waals surface area contributed by atoms with Gasteiger partial charge >= 0.3 is 0 Å². The number of hydrogen-bond donors (Lipinski definition) is 0. The Kier molecular flexibility index (Phi) is 3.26. The molecule has 0 unspecified atom stereocenters. The van der Waals surface area contributed by atoms with E-state index in [2.05, 4.69) is 0 Å². The van der Waals surface area contributed by atoms with Gasteiger partial charge in [-0.1, -0.05) is 0 Å². The molecule has 0 aromatic rings. The van der Waals surface area contributed by atoms with Crippen LogP contribution in [0.1, 0.15) is 25.7 Å². The van der Waals surface area contributed by atoms with Crippen LogP contribution < -0.4 is 0 Å². The lowest BCUT2D eigenvalue weighted by Gasteiger charge is -2.24. The fraction of sp³-hybridized carbons (Fsp3) is 1.00. The maximum Gasteiger partial charge on any atom is 0.240 e. The van der Waals surface area contributed by atoms with Gasteiger partial charge < -0.3 is 9.47 Å². The third-order valence-electron chi connectivity index (χ3n) is 3.08. The van der Waals surface area contributed by atoms with Gasteiger partial charge in [0.25, 0.3) is 0 Å². The molecule has 1 saturated carbocycles. The summed E-state index contributed by atoms with van der Waals surface area (Å²) in [5, 5.41) is 0. The summed E-state index contributed by atoms with van der Waals surface area (Å²) >= 11 is 0. The molecule has 1 heterocycles. The molecule has 0 N–H and O–H groups in total. The zero-order valence-electron chi connectivity index (χ0n) is 8.45. The monoisotopic (exact) mass is 254 g/mol. The summed E-state index contributed by atoms with van der Waals surface area (Å²) in [5.74, 6) is 0. The molecule has 0 bridgehead atoms. The van der Waals surface area contributed by atoms with E-state index >= 15 is 0 Å². The van der Waals surface area contributed by atoms with Crippen molar-refractivity contribution >= 4 is 19.7 Å². The summed E-state index contributed by atoms with van der Waals surface area (Å²) in [6.07, 6.45) is 3.08. The van der Waals surface area contributed by atoms with Crippen LogP contribution in [0.5, 0.6) is 0 Å². The van der Waals surface area contributed by atoms with Gasteiger partial charge in [0.15, 0.2) is 0 Å². The Hall–Kier alpha value is 0.160. The van der Waals surface area contributed by atoms with Crippen molar-refractivity contribution in [2.75, 3.05) is 19.8 Å². The molecule has 0 atom stereocenters. The molecule has 0 spiro atoms. The molecule has 0 amide bonds. The second-order valence-electron chi connectivity index (χ2n) is 4.24. The van der Waals surface area contributed by atoms with Gasteiger partial charge in [-0.3, -0.25) is 0 Å². The number of ether oxygens (including phenoxy) is 2. The third kappa shape index (κ3) is 2.64. The molecular weight excluding hydrogens is 240 g/mol. The van der Waals surface area contributed by atoms with Crippen LogP contribution in [0.25, 0.3) is 0 Å². The zero-order valence-corrected chi connectivity index (χ0v) is 10.0. The summed E-state index contributed by atoms with van der Waals surface area (Å²) in [4.78, 5) is 0. The molecular formula is C9H15ClO4S. The average molecular weight is 255 g/mol. The van der Waals surface area contributed by atoms with Crippen molar-refractivity contribution in [2.24, 2.45) is 0 Å². The van der Waals surface area contributed by atoms with Crippen LogP contribution in [0.4, 0.5) is 0 Å². The van der Waals surface area contributed by atoms with E-state index in [0.717, 1.165) is 12.8 Å². The quantitative estimate of drug-likeness (QED) is 0.710. The van der Waals surface area contributed by atoms with Crippen molar-refractivity contribution in [2.45, 2.75) is 36.5 Å². The van der Waals surface area contributed by atoms with Crippen molar-refractivity contribution in [3.63, 3.8) is 0 Å². The predicted octanol–water partition coefficient (Wildman–Crippen LogP) is 1.28. The van der Waals surface area contributed by atoms with Crippen molar-refractivity contribution in [1.29, 1.82) is 0 Å². The highest BCUT2D eigenvalue weighted by molar-refractivity contribution is 8.15. The summed E-state index contributed by atoms with van der Waals surface area (Å²) < 4.78 is 32.5. The Morgan fingerprint density at radius 3 is 2.40 bits per heavy atom. The lowest BCUT2D eigenvalue weighted by atomic mass is 10.1. The molecule has 0 radical (unpaired) electrons. The lowest BCUT2D eigenvalue weighted by Crippen LogP contribution is -2.31. The highest BCUT2D eigenvalue weighted by atomic mass is 35.7. The lowest BCUT2D eigenvalue weighted by molar-refractivity contribution is -0.0329. The van der Waals surface area contributed by atoms with Crippen LogP contribution in [-0.4, -0.2) is 39.1 Å². The first kappa shape index (κ1) is 11.6. The van der Waals surface area contributed by atoms with Gasteiger partial charge in [0, 0.05) is 23.9 Å². The molecule has 1 aliphatic heterocycles. The fourth-order valence-corrected chi connectivity index (χ4v) is 3.11. The molecule has 88 valence electrons. The Morgan fingerprint density at radius 1 is 1.33 bits per heavy atom. The molecule has 0 aromatic heterocycles. The standard InChI is InChI=1S/C9H15ClO4S/c10-15(11,12)9(3-4-9)7-14-8-1-5-13-6-2-8/h8H,1-7H2. The Balaban J connectivity index is 1.83. The van der Waals surface area contributed by atoms with E-state index in [1.165, 1.54) is 0 Å². The largest absolute Gasteiger partial charge is 0.381 e. The highest BCUT2D eigenvalue weighted by Crippen LogP contribution is 2.46. The van der Waals surface area contributed by atoms with Crippen LogP contribution >= 0.6 is 10.7 Å². The average Bonchev–Trinajstić information content (AvgIpc) is 2.96. The topological polar surface area (TPSA) is 52.6 Å². The Labute approximate surface area is 94.3 Å². The van der Waals surface area contributed by atoms with E-state index in [1.807, 2.05) is 0 Å². The van der Waals surface area contributed by atoms with E-state index in [4.69, 9.17) is 20.2 Å². The van der Waals surface area contributed by atoms with Crippen LogP contribution in [0.15, 0.2) is 0 Å². The molecule has 2 rings (SSSR count). The normalized spacial score (nSPS) is 26.5.